The highest BCUT2D eigenvalue weighted by Crippen LogP contribution is 2.24. The summed E-state index contributed by atoms with van der Waals surface area (Å²) in [7, 11) is 0. The monoisotopic (exact) mass is 377 g/mol. The second-order valence-electron chi connectivity index (χ2n) is 5.16. The van der Waals surface area contributed by atoms with Crippen LogP contribution in [0.15, 0.2) is 47.5 Å². The van der Waals surface area contributed by atoms with Crippen molar-refractivity contribution in [1.82, 2.24) is 9.55 Å². The molecule has 1 heterocycles. The van der Waals surface area contributed by atoms with E-state index < -0.39 is 22.8 Å². The van der Waals surface area contributed by atoms with Gasteiger partial charge >= 0.3 is 0 Å². The van der Waals surface area contributed by atoms with Crippen molar-refractivity contribution < 1.29 is 9.72 Å². The third-order valence-electron chi connectivity index (χ3n) is 3.56. The number of halogens is 2. The Morgan fingerprint density at radius 2 is 1.96 bits per heavy atom. The number of carbonyl (C=O) groups excluding carboxylic acids is 1. The van der Waals surface area contributed by atoms with Crippen molar-refractivity contribution in [3.63, 3.8) is 0 Å². The largest absolute Gasteiger partial charge is 0.292 e. The summed E-state index contributed by atoms with van der Waals surface area (Å²) >= 11 is 11.9. The summed E-state index contributed by atoms with van der Waals surface area (Å²) in [6, 6.07) is 8.41. The van der Waals surface area contributed by atoms with E-state index in [0.717, 1.165) is 4.57 Å². The maximum absolute atomic E-state index is 12.5. The van der Waals surface area contributed by atoms with Crippen molar-refractivity contribution >= 4 is 45.6 Å². The van der Waals surface area contributed by atoms with Crippen molar-refractivity contribution in [2.75, 3.05) is 0 Å². The molecule has 1 aromatic heterocycles. The van der Waals surface area contributed by atoms with Gasteiger partial charge in [0.05, 0.1) is 39.3 Å². The second-order valence-corrected chi connectivity index (χ2v) is 6.00. The zero-order valence-corrected chi connectivity index (χ0v) is 14.0. The average molecular weight is 378 g/mol. The lowest BCUT2D eigenvalue weighted by atomic mass is 10.1. The molecule has 0 unspecified atom stereocenters. The van der Waals surface area contributed by atoms with Crippen LogP contribution in [0, 0.1) is 10.1 Å². The fourth-order valence-corrected chi connectivity index (χ4v) is 2.96. The molecule has 25 heavy (non-hydrogen) atoms. The number of para-hydroxylation sites is 1. The Balaban J connectivity index is 2.05. The van der Waals surface area contributed by atoms with Crippen LogP contribution >= 0.6 is 23.2 Å². The minimum Gasteiger partial charge on any atom is -0.292 e. The maximum Gasteiger partial charge on any atom is 0.280 e. The van der Waals surface area contributed by atoms with E-state index in [-0.39, 0.29) is 32.2 Å². The Morgan fingerprint density at radius 1 is 1.24 bits per heavy atom. The molecule has 0 saturated carbocycles. The molecule has 2 aromatic carbocycles. The van der Waals surface area contributed by atoms with Crippen LogP contribution < -0.4 is 5.56 Å². The van der Waals surface area contributed by atoms with Gasteiger partial charge in [-0.25, -0.2) is 4.98 Å². The predicted octanol–water partition coefficient (Wildman–Crippen LogP) is 3.49. The first-order valence-corrected chi connectivity index (χ1v) is 7.75. The van der Waals surface area contributed by atoms with E-state index in [0.29, 0.717) is 0 Å². The molecule has 0 radical (unpaired) electrons. The lowest BCUT2D eigenvalue weighted by molar-refractivity contribution is -0.385. The average Bonchev–Trinajstić information content (AvgIpc) is 2.57. The van der Waals surface area contributed by atoms with Gasteiger partial charge in [0.1, 0.15) is 0 Å². The van der Waals surface area contributed by atoms with Gasteiger partial charge in [0, 0.05) is 11.1 Å². The molecule has 126 valence electrons. The summed E-state index contributed by atoms with van der Waals surface area (Å²) in [6.45, 7) is -0.392. The van der Waals surface area contributed by atoms with Gasteiger partial charge in [-0.05, 0) is 18.2 Å². The normalized spacial score (nSPS) is 10.8. The highest BCUT2D eigenvalue weighted by Gasteiger charge is 2.20. The highest BCUT2D eigenvalue weighted by atomic mass is 35.5. The van der Waals surface area contributed by atoms with E-state index in [1.54, 1.807) is 0 Å². The number of hydrogen-bond donors (Lipinski definition) is 0. The number of hydrogen-bond acceptors (Lipinski definition) is 5. The smallest absolute Gasteiger partial charge is 0.280 e. The molecule has 3 aromatic rings. The summed E-state index contributed by atoms with van der Waals surface area (Å²) in [6.07, 6.45) is 1.18. The van der Waals surface area contributed by atoms with E-state index in [1.807, 2.05) is 0 Å². The molecule has 0 amide bonds. The van der Waals surface area contributed by atoms with Gasteiger partial charge in [-0.1, -0.05) is 35.3 Å². The fourth-order valence-electron chi connectivity index (χ4n) is 2.42. The van der Waals surface area contributed by atoms with Crippen LogP contribution in [0.2, 0.25) is 10.0 Å². The van der Waals surface area contributed by atoms with Crippen LogP contribution in [-0.4, -0.2) is 20.3 Å². The van der Waals surface area contributed by atoms with Crippen molar-refractivity contribution in [2.24, 2.45) is 0 Å². The first-order valence-electron chi connectivity index (χ1n) is 6.99. The lowest BCUT2D eigenvalue weighted by Gasteiger charge is -2.07. The number of rotatable bonds is 4. The molecule has 0 atom stereocenters. The minimum absolute atomic E-state index is 0.0800. The summed E-state index contributed by atoms with van der Waals surface area (Å²) < 4.78 is 1.06. The first kappa shape index (κ1) is 17.1. The molecule has 0 aliphatic carbocycles. The highest BCUT2D eigenvalue weighted by molar-refractivity contribution is 6.38. The van der Waals surface area contributed by atoms with Crippen molar-refractivity contribution in [3.05, 3.63) is 78.8 Å². The van der Waals surface area contributed by atoms with Crippen LogP contribution in [0.5, 0.6) is 0 Å². The summed E-state index contributed by atoms with van der Waals surface area (Å²) in [4.78, 5) is 39.4. The number of aromatic nitrogens is 2. The van der Waals surface area contributed by atoms with Gasteiger partial charge < -0.3 is 0 Å². The van der Waals surface area contributed by atoms with E-state index in [1.165, 1.54) is 42.7 Å². The molecule has 0 bridgehead atoms. The van der Waals surface area contributed by atoms with E-state index in [9.17, 15) is 19.7 Å². The molecular formula is C16H9Cl2N3O4. The molecule has 3 rings (SSSR count). The van der Waals surface area contributed by atoms with Crippen LogP contribution in [0.25, 0.3) is 10.9 Å². The molecule has 0 aliphatic heterocycles. The lowest BCUT2D eigenvalue weighted by Crippen LogP contribution is -2.25. The van der Waals surface area contributed by atoms with Crippen LogP contribution in [-0.2, 0) is 6.54 Å². The Morgan fingerprint density at radius 3 is 2.68 bits per heavy atom. The molecule has 0 saturated heterocycles. The molecule has 0 fully saturated rings. The van der Waals surface area contributed by atoms with Gasteiger partial charge in [0.25, 0.3) is 11.2 Å². The topological polar surface area (TPSA) is 95.1 Å². The van der Waals surface area contributed by atoms with Gasteiger partial charge in [-0.2, -0.15) is 0 Å². The third-order valence-corrected chi connectivity index (χ3v) is 4.07. The number of Topliss-reactive ketones (excluding diaryl/α,β-unsaturated/α-hetero) is 1. The number of nitro groups is 1. The summed E-state index contributed by atoms with van der Waals surface area (Å²) in [5.74, 6) is -0.580. The van der Waals surface area contributed by atoms with E-state index in [4.69, 9.17) is 23.2 Å². The SMILES string of the molecule is O=C(Cn1cnc2c(Cl)cc(Cl)cc2c1=O)c1ccccc1[N+](=O)[O-]. The zero-order chi connectivity index (χ0) is 18.1. The fraction of sp³-hybridized carbons (Fsp3) is 0.0625. The van der Waals surface area contributed by atoms with Crippen LogP contribution in [0.1, 0.15) is 10.4 Å². The molecule has 0 spiro atoms. The Bertz CT molecular complexity index is 1080. The van der Waals surface area contributed by atoms with Crippen molar-refractivity contribution in [3.8, 4) is 0 Å². The van der Waals surface area contributed by atoms with Crippen LogP contribution in [0.4, 0.5) is 5.69 Å². The van der Waals surface area contributed by atoms with Crippen molar-refractivity contribution in [1.29, 1.82) is 0 Å². The number of fused-ring (bicyclic) bond motifs is 1. The zero-order valence-electron chi connectivity index (χ0n) is 12.5. The van der Waals surface area contributed by atoms with Gasteiger partial charge in [0.2, 0.25) is 0 Å². The van der Waals surface area contributed by atoms with Crippen LogP contribution in [0.3, 0.4) is 0 Å². The van der Waals surface area contributed by atoms with Crippen molar-refractivity contribution in [2.45, 2.75) is 6.54 Å². The standard InChI is InChI=1S/C16H9Cl2N3O4/c17-9-5-11-15(12(18)6-9)19-8-20(16(11)23)7-14(22)10-3-1-2-4-13(10)21(24)25/h1-6,8H,7H2. The predicted molar refractivity (Wildman–Crippen MR) is 93.4 cm³/mol. The number of nitro benzene ring substituents is 1. The molecule has 0 N–H and O–H groups in total. The summed E-state index contributed by atoms with van der Waals surface area (Å²) in [5, 5.41) is 11.7. The minimum atomic E-state index is -0.645. The molecule has 0 aliphatic rings. The Labute approximate surface area is 150 Å². The first-order chi connectivity index (χ1) is 11.9. The van der Waals surface area contributed by atoms with Gasteiger partial charge in [-0.15, -0.1) is 0 Å². The molecule has 7 nitrogen and oxygen atoms in total. The van der Waals surface area contributed by atoms with Gasteiger partial charge in [-0.3, -0.25) is 24.3 Å². The number of nitrogens with zero attached hydrogens (tertiary/aromatic N) is 3. The third kappa shape index (κ3) is 3.24. The Hall–Kier alpha value is -2.77. The summed E-state index contributed by atoms with van der Waals surface area (Å²) in [5.41, 5.74) is -0.643. The Kier molecular flexibility index (Phi) is 4.52. The quantitative estimate of drug-likeness (QED) is 0.393. The number of ketones is 1. The van der Waals surface area contributed by atoms with E-state index in [2.05, 4.69) is 4.98 Å². The van der Waals surface area contributed by atoms with Gasteiger partial charge in [0.15, 0.2) is 5.78 Å². The second kappa shape index (κ2) is 6.62. The maximum atomic E-state index is 12.5. The molecule has 9 heteroatoms. The number of carbonyl (C=O) groups is 1. The number of benzene rings is 2. The van der Waals surface area contributed by atoms with E-state index >= 15 is 0 Å². The molecular weight excluding hydrogens is 369 g/mol.